The van der Waals surface area contributed by atoms with E-state index in [2.05, 4.69) is 20.6 Å². The standard InChI is InChI=1S/C25H28F4N4O5S/c1-13-9-15(11-16(26)10-13)23-31-12-19(38-23)22(37)33-18(4-3-14(2)34)21(36)32-17(5-6-25(27,28)29)20(35)24-30-7-8-39-24/h7-12,14,17-18,20,34-35H,3-6H2,1-2H3,(H,32,36)(H,33,37)/t14?,17-,18-,20?/m0/s1. The number of aliphatic hydroxyl groups excluding tert-OH is 2. The number of alkyl halides is 3. The topological polar surface area (TPSA) is 138 Å². The highest BCUT2D eigenvalue weighted by atomic mass is 32.1. The number of oxazole rings is 1. The predicted molar refractivity (Wildman–Crippen MR) is 133 cm³/mol. The summed E-state index contributed by atoms with van der Waals surface area (Å²) >= 11 is 1.01. The van der Waals surface area contributed by atoms with Crippen molar-refractivity contribution in [3.63, 3.8) is 0 Å². The van der Waals surface area contributed by atoms with E-state index < -0.39 is 60.9 Å². The molecule has 0 fully saturated rings. The lowest BCUT2D eigenvalue weighted by Gasteiger charge is -2.26. The minimum Gasteiger partial charge on any atom is -0.431 e. The van der Waals surface area contributed by atoms with E-state index in [1.54, 1.807) is 13.0 Å². The SMILES string of the molecule is Cc1cc(F)cc(-c2ncc(C(=O)N[C@@H](CCC(C)O)C(=O)N[C@@H](CCC(F)(F)F)C(O)c3nccs3)o2)c1. The molecule has 3 aromatic rings. The average Bonchev–Trinajstić information content (AvgIpc) is 3.55. The van der Waals surface area contributed by atoms with Gasteiger partial charge in [-0.15, -0.1) is 11.3 Å². The van der Waals surface area contributed by atoms with Crippen LogP contribution < -0.4 is 10.6 Å². The summed E-state index contributed by atoms with van der Waals surface area (Å²) in [4.78, 5) is 33.9. The van der Waals surface area contributed by atoms with Crippen molar-refractivity contribution in [3.05, 3.63) is 58.1 Å². The molecule has 0 saturated heterocycles. The molecule has 2 amide bonds. The quantitative estimate of drug-likeness (QED) is 0.240. The van der Waals surface area contributed by atoms with Crippen molar-refractivity contribution >= 4 is 23.2 Å². The minimum atomic E-state index is -4.53. The number of aryl methyl sites for hydroxylation is 1. The third kappa shape index (κ3) is 9.11. The molecule has 2 aromatic heterocycles. The van der Waals surface area contributed by atoms with Crippen LogP contribution in [0.1, 0.15) is 59.8 Å². The Hall–Kier alpha value is -3.36. The molecule has 212 valence electrons. The van der Waals surface area contributed by atoms with Crippen molar-refractivity contribution in [3.8, 4) is 11.5 Å². The predicted octanol–water partition coefficient (Wildman–Crippen LogP) is 4.07. The van der Waals surface area contributed by atoms with Crippen molar-refractivity contribution in [2.45, 2.75) is 70.0 Å². The van der Waals surface area contributed by atoms with Gasteiger partial charge in [0, 0.05) is 23.6 Å². The van der Waals surface area contributed by atoms with Gasteiger partial charge in [0.2, 0.25) is 17.6 Å². The molecule has 0 saturated carbocycles. The van der Waals surface area contributed by atoms with E-state index >= 15 is 0 Å². The zero-order valence-corrected chi connectivity index (χ0v) is 21.9. The first-order chi connectivity index (χ1) is 18.3. The summed E-state index contributed by atoms with van der Waals surface area (Å²) in [6.45, 7) is 3.14. The lowest BCUT2D eigenvalue weighted by molar-refractivity contribution is -0.140. The number of halogens is 4. The third-order valence-corrected chi connectivity index (χ3v) is 6.51. The maximum Gasteiger partial charge on any atom is 0.389 e. The molecule has 0 spiro atoms. The number of amides is 2. The minimum absolute atomic E-state index is 0.0356. The van der Waals surface area contributed by atoms with Crippen LogP contribution >= 0.6 is 11.3 Å². The number of aromatic nitrogens is 2. The summed E-state index contributed by atoms with van der Waals surface area (Å²) in [6.07, 6.45) is -6.33. The van der Waals surface area contributed by atoms with E-state index in [0.29, 0.717) is 11.1 Å². The van der Waals surface area contributed by atoms with Gasteiger partial charge in [-0.3, -0.25) is 9.59 Å². The van der Waals surface area contributed by atoms with Crippen LogP contribution in [0, 0.1) is 12.7 Å². The molecule has 0 radical (unpaired) electrons. The summed E-state index contributed by atoms with van der Waals surface area (Å²) in [5.74, 6) is -2.58. The van der Waals surface area contributed by atoms with Crippen LogP contribution in [0.3, 0.4) is 0 Å². The highest BCUT2D eigenvalue weighted by molar-refractivity contribution is 7.09. The molecule has 2 unspecified atom stereocenters. The van der Waals surface area contributed by atoms with E-state index in [-0.39, 0.29) is 29.5 Å². The highest BCUT2D eigenvalue weighted by Crippen LogP contribution is 2.28. The van der Waals surface area contributed by atoms with Gasteiger partial charge in [0.15, 0.2) is 0 Å². The molecule has 3 rings (SSSR count). The second-order valence-electron chi connectivity index (χ2n) is 9.08. The van der Waals surface area contributed by atoms with E-state index in [1.807, 2.05) is 0 Å². The first-order valence-corrected chi connectivity index (χ1v) is 12.9. The largest absolute Gasteiger partial charge is 0.431 e. The molecule has 14 heteroatoms. The maximum atomic E-state index is 13.8. The summed E-state index contributed by atoms with van der Waals surface area (Å²) in [7, 11) is 0. The molecule has 4 N–H and O–H groups in total. The Kier molecular flexibility index (Phi) is 10.2. The second-order valence-corrected chi connectivity index (χ2v) is 10.0. The normalized spacial score (nSPS) is 14.9. The van der Waals surface area contributed by atoms with E-state index in [1.165, 1.54) is 30.6 Å². The Morgan fingerprint density at radius 3 is 2.46 bits per heavy atom. The summed E-state index contributed by atoms with van der Waals surface area (Å²) in [6, 6.07) is 1.43. The van der Waals surface area contributed by atoms with Gasteiger partial charge >= 0.3 is 6.18 Å². The molecular formula is C25H28F4N4O5S. The van der Waals surface area contributed by atoms with Crippen LogP contribution in [0.15, 0.2) is 40.4 Å². The van der Waals surface area contributed by atoms with Gasteiger partial charge in [-0.25, -0.2) is 14.4 Å². The van der Waals surface area contributed by atoms with Crippen LogP contribution in [0.4, 0.5) is 17.6 Å². The van der Waals surface area contributed by atoms with Crippen LogP contribution in [0.2, 0.25) is 0 Å². The molecule has 39 heavy (non-hydrogen) atoms. The number of nitrogens with one attached hydrogen (secondary N) is 2. The number of rotatable bonds is 12. The van der Waals surface area contributed by atoms with Crippen LogP contribution in [0.25, 0.3) is 11.5 Å². The zero-order valence-electron chi connectivity index (χ0n) is 21.0. The van der Waals surface area contributed by atoms with Crippen LogP contribution in [0.5, 0.6) is 0 Å². The molecule has 0 aliphatic heterocycles. The Balaban J connectivity index is 1.77. The third-order valence-electron chi connectivity index (χ3n) is 5.67. The molecule has 1 aromatic carbocycles. The monoisotopic (exact) mass is 572 g/mol. The molecule has 0 aliphatic carbocycles. The van der Waals surface area contributed by atoms with Crippen molar-refractivity contribution in [2.75, 3.05) is 0 Å². The van der Waals surface area contributed by atoms with Crippen molar-refractivity contribution in [1.82, 2.24) is 20.6 Å². The lowest BCUT2D eigenvalue weighted by atomic mass is 10.0. The van der Waals surface area contributed by atoms with Gasteiger partial charge in [-0.1, -0.05) is 0 Å². The van der Waals surface area contributed by atoms with Crippen molar-refractivity contribution < 1.29 is 41.8 Å². The first kappa shape index (κ1) is 30.2. The smallest absolute Gasteiger partial charge is 0.389 e. The van der Waals surface area contributed by atoms with Crippen molar-refractivity contribution in [1.29, 1.82) is 0 Å². The molecular weight excluding hydrogens is 544 g/mol. The number of nitrogens with zero attached hydrogens (tertiary/aromatic N) is 2. The maximum absolute atomic E-state index is 13.8. The van der Waals surface area contributed by atoms with Crippen LogP contribution in [-0.4, -0.2) is 56.4 Å². The van der Waals surface area contributed by atoms with Crippen LogP contribution in [-0.2, 0) is 4.79 Å². The van der Waals surface area contributed by atoms with Gasteiger partial charge < -0.3 is 25.3 Å². The number of hydrogen-bond acceptors (Lipinski definition) is 8. The van der Waals surface area contributed by atoms with Gasteiger partial charge in [-0.05, 0) is 56.9 Å². The second kappa shape index (κ2) is 13.1. The number of thiazole rings is 1. The fourth-order valence-corrected chi connectivity index (χ4v) is 4.43. The summed E-state index contributed by atoms with van der Waals surface area (Å²) in [5, 5.41) is 26.8. The van der Waals surface area contributed by atoms with Gasteiger partial charge in [0.25, 0.3) is 5.91 Å². The number of carbonyl (C=O) groups excluding carboxylic acids is 2. The van der Waals surface area contributed by atoms with E-state index in [9.17, 15) is 37.4 Å². The average molecular weight is 573 g/mol. The number of aliphatic hydroxyl groups is 2. The molecule has 0 bridgehead atoms. The molecule has 4 atom stereocenters. The van der Waals surface area contributed by atoms with Gasteiger partial charge in [0.1, 0.15) is 23.0 Å². The highest BCUT2D eigenvalue weighted by Gasteiger charge is 2.34. The van der Waals surface area contributed by atoms with Gasteiger partial charge in [-0.2, -0.15) is 13.2 Å². The molecule has 0 aliphatic rings. The van der Waals surface area contributed by atoms with E-state index in [4.69, 9.17) is 4.42 Å². The van der Waals surface area contributed by atoms with Crippen molar-refractivity contribution in [2.24, 2.45) is 0 Å². The molecule has 9 nitrogen and oxygen atoms in total. The number of benzene rings is 1. The number of carbonyl (C=O) groups is 2. The first-order valence-electron chi connectivity index (χ1n) is 12.0. The van der Waals surface area contributed by atoms with Gasteiger partial charge in [0.05, 0.1) is 18.3 Å². The Morgan fingerprint density at radius 2 is 1.85 bits per heavy atom. The summed E-state index contributed by atoms with van der Waals surface area (Å²) < 4.78 is 58.0. The Labute approximate surface area is 225 Å². The summed E-state index contributed by atoms with van der Waals surface area (Å²) in [5.41, 5.74) is 0.891. The zero-order chi connectivity index (χ0) is 28.7. The lowest BCUT2D eigenvalue weighted by Crippen LogP contribution is -2.51. The Morgan fingerprint density at radius 1 is 1.10 bits per heavy atom. The fraction of sp³-hybridized carbons (Fsp3) is 0.440. The number of hydrogen-bond donors (Lipinski definition) is 4. The molecule has 2 heterocycles. The fourth-order valence-electron chi connectivity index (χ4n) is 3.74. The Bertz CT molecular complexity index is 1230. The van der Waals surface area contributed by atoms with E-state index in [0.717, 1.165) is 17.5 Å².